The van der Waals surface area contributed by atoms with Gasteiger partial charge in [0.1, 0.15) is 23.5 Å². The molecular formula is C18H13F4N5O. The summed E-state index contributed by atoms with van der Waals surface area (Å²) in [6.45, 7) is 2.50. The number of fused-ring (bicyclic) bond motifs is 1. The second-order valence-electron chi connectivity index (χ2n) is 6.12. The SMILES string of the molecule is Cc1cc(-c2ccc(F)c(C#N)c2)nc2c(C(=O)NC(C)C(F)(F)F)cnn12. The molecule has 144 valence electrons. The van der Waals surface area contributed by atoms with Gasteiger partial charge < -0.3 is 5.32 Å². The summed E-state index contributed by atoms with van der Waals surface area (Å²) in [7, 11) is 0. The van der Waals surface area contributed by atoms with Gasteiger partial charge in [0.25, 0.3) is 5.91 Å². The summed E-state index contributed by atoms with van der Waals surface area (Å²) in [5, 5.41) is 14.8. The molecule has 2 heterocycles. The van der Waals surface area contributed by atoms with Gasteiger partial charge in [0.05, 0.1) is 17.5 Å². The van der Waals surface area contributed by atoms with Crippen LogP contribution in [0.4, 0.5) is 17.6 Å². The first-order valence-corrected chi connectivity index (χ1v) is 8.05. The molecule has 0 saturated carbocycles. The minimum Gasteiger partial charge on any atom is -0.340 e. The van der Waals surface area contributed by atoms with Gasteiger partial charge in [-0.3, -0.25) is 4.79 Å². The van der Waals surface area contributed by atoms with Gasteiger partial charge in [0, 0.05) is 11.3 Å². The van der Waals surface area contributed by atoms with Crippen LogP contribution in [0.2, 0.25) is 0 Å². The first-order valence-electron chi connectivity index (χ1n) is 8.05. The first-order chi connectivity index (χ1) is 13.1. The number of carbonyl (C=O) groups excluding carboxylic acids is 1. The van der Waals surface area contributed by atoms with Crippen LogP contribution < -0.4 is 5.32 Å². The van der Waals surface area contributed by atoms with Crippen molar-refractivity contribution in [1.82, 2.24) is 19.9 Å². The lowest BCUT2D eigenvalue weighted by Crippen LogP contribution is -2.43. The van der Waals surface area contributed by atoms with Crippen LogP contribution >= 0.6 is 0 Å². The van der Waals surface area contributed by atoms with E-state index in [0.717, 1.165) is 19.2 Å². The Bertz CT molecular complexity index is 1110. The Kier molecular flexibility index (Phi) is 4.77. The van der Waals surface area contributed by atoms with Crippen molar-refractivity contribution in [2.45, 2.75) is 26.1 Å². The number of alkyl halides is 3. The third-order valence-electron chi connectivity index (χ3n) is 4.12. The van der Waals surface area contributed by atoms with E-state index in [1.807, 2.05) is 5.32 Å². The molecule has 1 unspecified atom stereocenters. The van der Waals surface area contributed by atoms with Crippen LogP contribution in [0.25, 0.3) is 16.9 Å². The fraction of sp³-hybridized carbons (Fsp3) is 0.222. The zero-order chi connectivity index (χ0) is 20.6. The molecule has 0 saturated heterocycles. The molecule has 0 aliphatic carbocycles. The minimum atomic E-state index is -4.59. The Labute approximate surface area is 156 Å². The topological polar surface area (TPSA) is 83.1 Å². The highest BCUT2D eigenvalue weighted by molar-refractivity contribution is 6.00. The van der Waals surface area contributed by atoms with E-state index in [4.69, 9.17) is 5.26 Å². The van der Waals surface area contributed by atoms with Crippen LogP contribution in [0, 0.1) is 24.1 Å². The van der Waals surface area contributed by atoms with Crippen LogP contribution in [0.15, 0.2) is 30.5 Å². The highest BCUT2D eigenvalue weighted by Gasteiger charge is 2.37. The molecule has 0 aliphatic heterocycles. The molecule has 0 fully saturated rings. The van der Waals surface area contributed by atoms with Gasteiger partial charge >= 0.3 is 6.18 Å². The molecule has 0 radical (unpaired) electrons. The molecule has 1 N–H and O–H groups in total. The maximum Gasteiger partial charge on any atom is 0.408 e. The lowest BCUT2D eigenvalue weighted by molar-refractivity contribution is -0.149. The average molecular weight is 391 g/mol. The number of rotatable bonds is 3. The van der Waals surface area contributed by atoms with Gasteiger partial charge in [-0.15, -0.1) is 0 Å². The van der Waals surface area contributed by atoms with Gasteiger partial charge in [-0.1, -0.05) is 0 Å². The predicted molar refractivity (Wildman–Crippen MR) is 90.8 cm³/mol. The van der Waals surface area contributed by atoms with Crippen molar-refractivity contribution in [3.63, 3.8) is 0 Å². The minimum absolute atomic E-state index is 0.0460. The molecule has 0 spiro atoms. The van der Waals surface area contributed by atoms with Crippen molar-refractivity contribution in [2.75, 3.05) is 0 Å². The molecular weight excluding hydrogens is 378 g/mol. The smallest absolute Gasteiger partial charge is 0.340 e. The van der Waals surface area contributed by atoms with Crippen LogP contribution in [-0.4, -0.2) is 32.7 Å². The average Bonchev–Trinajstić information content (AvgIpc) is 3.06. The van der Waals surface area contributed by atoms with E-state index in [0.29, 0.717) is 17.0 Å². The van der Waals surface area contributed by atoms with Crippen molar-refractivity contribution in [1.29, 1.82) is 5.26 Å². The summed E-state index contributed by atoms with van der Waals surface area (Å²) in [4.78, 5) is 16.6. The van der Waals surface area contributed by atoms with E-state index in [1.54, 1.807) is 19.1 Å². The fourth-order valence-electron chi connectivity index (χ4n) is 2.55. The standard InChI is InChI=1S/C18H13F4N5O/c1-9-5-15(11-3-4-14(19)12(6-11)7-23)26-16-13(8-24-27(9)16)17(28)25-10(2)18(20,21)22/h3-6,8,10H,1-2H3,(H,25,28). The molecule has 1 aromatic carbocycles. The zero-order valence-electron chi connectivity index (χ0n) is 14.7. The third-order valence-corrected chi connectivity index (χ3v) is 4.12. The number of halogens is 4. The number of hydrogen-bond acceptors (Lipinski definition) is 4. The first kappa shape index (κ1) is 19.3. The zero-order valence-corrected chi connectivity index (χ0v) is 14.7. The van der Waals surface area contributed by atoms with Gasteiger partial charge in [0.15, 0.2) is 5.65 Å². The Balaban J connectivity index is 2.07. The highest BCUT2D eigenvalue weighted by Crippen LogP contribution is 2.24. The summed E-state index contributed by atoms with van der Waals surface area (Å²) in [6, 6.07) is 5.11. The number of aromatic nitrogens is 3. The van der Waals surface area contributed by atoms with Crippen molar-refractivity contribution in [2.24, 2.45) is 0 Å². The Hall–Kier alpha value is -3.48. The van der Waals surface area contributed by atoms with Gasteiger partial charge in [-0.2, -0.15) is 23.5 Å². The number of nitriles is 1. The van der Waals surface area contributed by atoms with Crippen molar-refractivity contribution < 1.29 is 22.4 Å². The molecule has 2 aromatic heterocycles. The lowest BCUT2D eigenvalue weighted by atomic mass is 10.1. The third kappa shape index (κ3) is 3.51. The van der Waals surface area contributed by atoms with Crippen LogP contribution in [0.3, 0.4) is 0 Å². The van der Waals surface area contributed by atoms with E-state index >= 15 is 0 Å². The largest absolute Gasteiger partial charge is 0.408 e. The summed E-state index contributed by atoms with van der Waals surface area (Å²) in [5.41, 5.74) is 1.01. The van der Waals surface area contributed by atoms with Crippen molar-refractivity contribution >= 4 is 11.6 Å². The molecule has 0 aliphatic rings. The Morgan fingerprint density at radius 3 is 2.68 bits per heavy atom. The van der Waals surface area contributed by atoms with Crippen LogP contribution in [0.1, 0.15) is 28.5 Å². The molecule has 3 aromatic rings. The van der Waals surface area contributed by atoms with Gasteiger partial charge in [-0.25, -0.2) is 13.9 Å². The molecule has 0 bridgehead atoms. The second-order valence-corrected chi connectivity index (χ2v) is 6.12. The van der Waals surface area contributed by atoms with Gasteiger partial charge in [0.2, 0.25) is 0 Å². The van der Waals surface area contributed by atoms with Crippen molar-refractivity contribution in [3.8, 4) is 17.3 Å². The highest BCUT2D eigenvalue weighted by atomic mass is 19.4. The molecule has 10 heteroatoms. The normalized spacial score (nSPS) is 12.6. The molecule has 3 rings (SSSR count). The number of nitrogens with zero attached hydrogens (tertiary/aromatic N) is 4. The van der Waals surface area contributed by atoms with E-state index in [1.165, 1.54) is 16.6 Å². The van der Waals surface area contributed by atoms with Gasteiger partial charge in [-0.05, 0) is 38.1 Å². The van der Waals surface area contributed by atoms with E-state index < -0.39 is 23.9 Å². The molecule has 1 atom stereocenters. The molecule has 6 nitrogen and oxygen atoms in total. The van der Waals surface area contributed by atoms with E-state index in [2.05, 4.69) is 10.1 Å². The number of hydrogen-bond donors (Lipinski definition) is 1. The Morgan fingerprint density at radius 2 is 2.04 bits per heavy atom. The van der Waals surface area contributed by atoms with Crippen LogP contribution in [-0.2, 0) is 0 Å². The number of nitrogens with one attached hydrogen (secondary N) is 1. The summed E-state index contributed by atoms with van der Waals surface area (Å²) < 4.78 is 53.0. The predicted octanol–water partition coefficient (Wildman–Crippen LogP) is 3.40. The van der Waals surface area contributed by atoms with E-state index in [-0.39, 0.29) is 16.8 Å². The maximum absolute atomic E-state index is 13.6. The Morgan fingerprint density at radius 1 is 1.32 bits per heavy atom. The molecule has 28 heavy (non-hydrogen) atoms. The van der Waals surface area contributed by atoms with Crippen molar-refractivity contribution in [3.05, 3.63) is 53.1 Å². The quantitative estimate of drug-likeness (QED) is 0.694. The molecule has 1 amide bonds. The van der Waals surface area contributed by atoms with E-state index in [9.17, 15) is 22.4 Å². The fourth-order valence-corrected chi connectivity index (χ4v) is 2.55. The number of carbonyl (C=O) groups is 1. The maximum atomic E-state index is 13.6. The number of benzene rings is 1. The summed E-state index contributed by atoms with van der Waals surface area (Å²) in [6.07, 6.45) is -3.46. The second kappa shape index (κ2) is 6.92. The number of amides is 1. The summed E-state index contributed by atoms with van der Waals surface area (Å²) >= 11 is 0. The number of aryl methyl sites for hydroxylation is 1. The lowest BCUT2D eigenvalue weighted by Gasteiger charge is -2.16. The summed E-state index contributed by atoms with van der Waals surface area (Å²) in [5.74, 6) is -1.66. The monoisotopic (exact) mass is 391 g/mol. The van der Waals surface area contributed by atoms with Crippen LogP contribution in [0.5, 0.6) is 0 Å².